The van der Waals surface area contributed by atoms with Gasteiger partial charge in [0.2, 0.25) is 15.9 Å². The van der Waals surface area contributed by atoms with Gasteiger partial charge >= 0.3 is 0 Å². The number of nitrogen functional groups attached to an aromatic ring is 1. The Bertz CT molecular complexity index is 646. The third-order valence-electron chi connectivity index (χ3n) is 3.14. The molecule has 8 heteroatoms. The lowest BCUT2D eigenvalue weighted by Gasteiger charge is -2.20. The summed E-state index contributed by atoms with van der Waals surface area (Å²) in [6, 6.07) is 3.09. The molecule has 1 aliphatic rings. The number of sulfonamides is 1. The van der Waals surface area contributed by atoms with E-state index in [-0.39, 0.29) is 17.3 Å². The zero-order valence-corrected chi connectivity index (χ0v) is 13.4. The highest BCUT2D eigenvalue weighted by Crippen LogP contribution is 2.28. The topological polar surface area (TPSA) is 92.5 Å². The number of benzene rings is 1. The molecule has 1 aromatic rings. The van der Waals surface area contributed by atoms with Gasteiger partial charge in [-0.1, -0.05) is 0 Å². The van der Waals surface area contributed by atoms with Crippen LogP contribution < -0.4 is 11.1 Å². The SMILES string of the molecule is Cc1cc(Br)c(N)cc1S(=O)(=O)N1CCCNC(=O)C1. The van der Waals surface area contributed by atoms with E-state index in [1.807, 2.05) is 0 Å². The monoisotopic (exact) mass is 361 g/mol. The van der Waals surface area contributed by atoms with E-state index in [1.165, 1.54) is 10.4 Å². The second kappa shape index (κ2) is 5.71. The Labute approximate surface area is 126 Å². The van der Waals surface area contributed by atoms with Gasteiger partial charge < -0.3 is 11.1 Å². The number of rotatable bonds is 2. The average molecular weight is 362 g/mol. The molecule has 6 nitrogen and oxygen atoms in total. The van der Waals surface area contributed by atoms with Crippen molar-refractivity contribution in [2.45, 2.75) is 18.2 Å². The van der Waals surface area contributed by atoms with Gasteiger partial charge in [-0.05, 0) is 47.0 Å². The van der Waals surface area contributed by atoms with Gasteiger partial charge in [-0.25, -0.2) is 8.42 Å². The molecule has 1 heterocycles. The van der Waals surface area contributed by atoms with Crippen molar-refractivity contribution >= 4 is 37.5 Å². The van der Waals surface area contributed by atoms with Gasteiger partial charge in [-0.3, -0.25) is 4.79 Å². The first-order valence-corrected chi connectivity index (χ1v) is 8.38. The molecular formula is C12H16BrN3O3S. The molecule has 2 rings (SSSR count). The number of anilines is 1. The van der Waals surface area contributed by atoms with Gasteiger partial charge in [0.25, 0.3) is 0 Å². The number of carbonyl (C=O) groups excluding carboxylic acids is 1. The van der Waals surface area contributed by atoms with Crippen molar-refractivity contribution in [2.24, 2.45) is 0 Å². The summed E-state index contributed by atoms with van der Waals surface area (Å²) in [5, 5.41) is 2.66. The number of amides is 1. The second-order valence-electron chi connectivity index (χ2n) is 4.68. The number of nitrogens with one attached hydrogen (secondary N) is 1. The summed E-state index contributed by atoms with van der Waals surface area (Å²) < 4.78 is 27.1. The number of nitrogens with two attached hydrogens (primary N) is 1. The van der Waals surface area contributed by atoms with Crippen molar-refractivity contribution in [3.63, 3.8) is 0 Å². The lowest BCUT2D eigenvalue weighted by Crippen LogP contribution is -2.37. The summed E-state index contributed by atoms with van der Waals surface area (Å²) in [6.07, 6.45) is 0.593. The smallest absolute Gasteiger partial charge is 0.243 e. The Hall–Kier alpha value is -1.12. The van der Waals surface area contributed by atoms with E-state index in [0.717, 1.165) is 0 Å². The predicted octanol–water partition coefficient (Wildman–Crippen LogP) is 0.850. The highest BCUT2D eigenvalue weighted by molar-refractivity contribution is 9.10. The fourth-order valence-corrected chi connectivity index (χ4v) is 4.20. The number of hydrogen-bond donors (Lipinski definition) is 2. The molecule has 1 amide bonds. The number of nitrogens with zero attached hydrogens (tertiary/aromatic N) is 1. The molecule has 0 aromatic heterocycles. The van der Waals surface area contributed by atoms with Crippen LogP contribution in [0.5, 0.6) is 0 Å². The molecule has 0 atom stereocenters. The molecular weight excluding hydrogens is 346 g/mol. The summed E-state index contributed by atoms with van der Waals surface area (Å²) >= 11 is 3.27. The summed E-state index contributed by atoms with van der Waals surface area (Å²) in [5.74, 6) is -0.284. The van der Waals surface area contributed by atoms with Crippen LogP contribution >= 0.6 is 15.9 Å². The Morgan fingerprint density at radius 2 is 2.10 bits per heavy atom. The Kier molecular flexibility index (Phi) is 4.36. The summed E-state index contributed by atoms with van der Waals surface area (Å²) in [4.78, 5) is 11.7. The van der Waals surface area contributed by atoms with Crippen molar-refractivity contribution in [3.8, 4) is 0 Å². The summed E-state index contributed by atoms with van der Waals surface area (Å²) in [7, 11) is -3.72. The maximum absolute atomic E-state index is 12.6. The largest absolute Gasteiger partial charge is 0.398 e. The van der Waals surface area contributed by atoms with Crippen LogP contribution in [0.4, 0.5) is 5.69 Å². The van der Waals surface area contributed by atoms with Crippen LogP contribution in [0.1, 0.15) is 12.0 Å². The highest BCUT2D eigenvalue weighted by Gasteiger charge is 2.29. The fourth-order valence-electron chi connectivity index (χ4n) is 2.07. The molecule has 1 aromatic carbocycles. The van der Waals surface area contributed by atoms with Gasteiger partial charge in [0.1, 0.15) is 0 Å². The summed E-state index contributed by atoms with van der Waals surface area (Å²) in [6.45, 7) is 2.36. The number of aryl methyl sites for hydroxylation is 1. The zero-order valence-electron chi connectivity index (χ0n) is 11.0. The Balaban J connectivity index is 2.44. The molecule has 0 bridgehead atoms. The van der Waals surface area contributed by atoms with Crippen LogP contribution in [0.15, 0.2) is 21.5 Å². The predicted molar refractivity (Wildman–Crippen MR) is 79.7 cm³/mol. The minimum Gasteiger partial charge on any atom is -0.398 e. The molecule has 1 saturated heterocycles. The van der Waals surface area contributed by atoms with Crippen molar-refractivity contribution in [2.75, 3.05) is 25.4 Å². The first kappa shape index (κ1) is 15.3. The zero-order chi connectivity index (χ0) is 14.9. The fraction of sp³-hybridized carbons (Fsp3) is 0.417. The highest BCUT2D eigenvalue weighted by atomic mass is 79.9. The van der Waals surface area contributed by atoms with Crippen molar-refractivity contribution in [1.29, 1.82) is 0 Å². The molecule has 20 heavy (non-hydrogen) atoms. The maximum atomic E-state index is 12.6. The van der Waals surface area contributed by atoms with Gasteiger partial charge in [0.15, 0.2) is 0 Å². The quantitative estimate of drug-likeness (QED) is 0.763. The van der Waals surface area contributed by atoms with E-state index in [1.54, 1.807) is 13.0 Å². The van der Waals surface area contributed by atoms with E-state index in [9.17, 15) is 13.2 Å². The number of halogens is 1. The van der Waals surface area contributed by atoms with Crippen LogP contribution in [-0.4, -0.2) is 38.3 Å². The van der Waals surface area contributed by atoms with Gasteiger partial charge in [-0.2, -0.15) is 4.31 Å². The van der Waals surface area contributed by atoms with Crippen molar-refractivity contribution < 1.29 is 13.2 Å². The molecule has 1 fully saturated rings. The van der Waals surface area contributed by atoms with Gasteiger partial charge in [-0.15, -0.1) is 0 Å². The standard InChI is InChI=1S/C12H16BrN3O3S/c1-8-5-9(13)10(14)6-11(8)20(18,19)16-4-2-3-15-12(17)7-16/h5-6H,2-4,7,14H2,1H3,(H,15,17). The van der Waals surface area contributed by atoms with Crippen LogP contribution in [0, 0.1) is 6.92 Å². The third-order valence-corrected chi connectivity index (χ3v) is 5.81. The molecule has 0 aliphatic carbocycles. The molecule has 0 spiro atoms. The van der Waals surface area contributed by atoms with Crippen molar-refractivity contribution in [1.82, 2.24) is 9.62 Å². The Morgan fingerprint density at radius 1 is 1.40 bits per heavy atom. The van der Waals surface area contributed by atoms with Crippen LogP contribution in [0.25, 0.3) is 0 Å². The molecule has 0 saturated carbocycles. The lowest BCUT2D eigenvalue weighted by atomic mass is 10.2. The first-order valence-electron chi connectivity index (χ1n) is 6.15. The van der Waals surface area contributed by atoms with Gasteiger partial charge in [0.05, 0.1) is 11.4 Å². The number of hydrogen-bond acceptors (Lipinski definition) is 4. The summed E-state index contributed by atoms with van der Waals surface area (Å²) in [5.41, 5.74) is 6.71. The van der Waals surface area contributed by atoms with Crippen LogP contribution in [0.2, 0.25) is 0 Å². The molecule has 0 radical (unpaired) electrons. The molecule has 1 aliphatic heterocycles. The second-order valence-corrected chi connectivity index (χ2v) is 7.44. The van der Waals surface area contributed by atoms with Gasteiger partial charge in [0, 0.05) is 23.2 Å². The van der Waals surface area contributed by atoms with E-state index in [4.69, 9.17) is 5.73 Å². The van der Waals surface area contributed by atoms with E-state index in [2.05, 4.69) is 21.2 Å². The first-order chi connectivity index (χ1) is 9.32. The molecule has 3 N–H and O–H groups in total. The maximum Gasteiger partial charge on any atom is 0.243 e. The third kappa shape index (κ3) is 2.97. The van der Waals surface area contributed by atoms with E-state index < -0.39 is 10.0 Å². The normalized spacial score (nSPS) is 17.6. The number of carbonyl (C=O) groups is 1. The molecule has 110 valence electrons. The molecule has 0 unspecified atom stereocenters. The Morgan fingerprint density at radius 3 is 2.80 bits per heavy atom. The van der Waals surface area contributed by atoms with Crippen LogP contribution in [-0.2, 0) is 14.8 Å². The average Bonchev–Trinajstić information content (AvgIpc) is 2.58. The minimum absolute atomic E-state index is 0.146. The lowest BCUT2D eigenvalue weighted by molar-refractivity contribution is -0.120. The van der Waals surface area contributed by atoms with Crippen molar-refractivity contribution in [3.05, 3.63) is 22.2 Å². The minimum atomic E-state index is -3.72. The van der Waals surface area contributed by atoms with E-state index in [0.29, 0.717) is 35.2 Å². The van der Waals surface area contributed by atoms with E-state index >= 15 is 0 Å². The van der Waals surface area contributed by atoms with Crippen LogP contribution in [0.3, 0.4) is 0 Å².